The summed E-state index contributed by atoms with van der Waals surface area (Å²) in [5.41, 5.74) is 0. The van der Waals surface area contributed by atoms with E-state index in [4.69, 9.17) is 4.74 Å². The number of hydrogen-bond acceptors (Lipinski definition) is 3. The molecule has 0 aromatic heterocycles. The minimum Gasteiger partial charge on any atom is -0.365 e. The lowest BCUT2D eigenvalue weighted by Gasteiger charge is -2.33. The molecule has 1 rings (SSSR count). The molecule has 0 aromatic carbocycles. The van der Waals surface area contributed by atoms with E-state index in [9.17, 15) is 0 Å². The van der Waals surface area contributed by atoms with E-state index < -0.39 is 0 Å². The van der Waals surface area contributed by atoms with Crippen LogP contribution in [0.1, 0.15) is 20.3 Å². The maximum Gasteiger partial charge on any atom is 0.123 e. The highest BCUT2D eigenvalue weighted by Crippen LogP contribution is 2.10. The lowest BCUT2D eigenvalue weighted by Crippen LogP contribution is -2.57. The first-order valence-corrected chi connectivity index (χ1v) is 4.73. The first-order valence-electron chi connectivity index (χ1n) is 4.73. The molecular formula is C9H20N2O. The van der Waals surface area contributed by atoms with Crippen molar-refractivity contribution in [3.05, 3.63) is 0 Å². The van der Waals surface area contributed by atoms with Gasteiger partial charge >= 0.3 is 0 Å². The summed E-state index contributed by atoms with van der Waals surface area (Å²) in [6.07, 6.45) is 1.37. The molecule has 1 heterocycles. The fourth-order valence-corrected chi connectivity index (χ4v) is 1.68. The number of rotatable bonds is 3. The third kappa shape index (κ3) is 2.73. The molecule has 0 saturated carbocycles. The van der Waals surface area contributed by atoms with Crippen molar-refractivity contribution in [3.63, 3.8) is 0 Å². The largest absolute Gasteiger partial charge is 0.365 e. The quantitative estimate of drug-likeness (QED) is 0.653. The van der Waals surface area contributed by atoms with E-state index in [1.807, 2.05) is 0 Å². The Morgan fingerprint density at radius 2 is 2.00 bits per heavy atom. The smallest absolute Gasteiger partial charge is 0.123 e. The van der Waals surface area contributed by atoms with Crippen LogP contribution >= 0.6 is 0 Å². The zero-order valence-electron chi connectivity index (χ0n) is 8.26. The molecule has 1 saturated heterocycles. The Morgan fingerprint density at radius 1 is 1.33 bits per heavy atom. The van der Waals surface area contributed by atoms with E-state index in [1.165, 1.54) is 6.42 Å². The maximum atomic E-state index is 5.33. The Balaban J connectivity index is 2.36. The van der Waals surface area contributed by atoms with Crippen molar-refractivity contribution < 1.29 is 4.74 Å². The van der Waals surface area contributed by atoms with Gasteiger partial charge in [-0.05, 0) is 12.3 Å². The van der Waals surface area contributed by atoms with Crippen molar-refractivity contribution in [3.8, 4) is 0 Å². The van der Waals surface area contributed by atoms with Gasteiger partial charge in [0.15, 0.2) is 0 Å². The minimum atomic E-state index is 0.196. The maximum absolute atomic E-state index is 5.33. The molecule has 0 radical (unpaired) electrons. The van der Waals surface area contributed by atoms with Crippen LogP contribution < -0.4 is 10.6 Å². The van der Waals surface area contributed by atoms with Gasteiger partial charge in [-0.3, -0.25) is 5.32 Å². The number of hydrogen-bond donors (Lipinski definition) is 2. The molecule has 0 bridgehead atoms. The number of methoxy groups -OCH3 is 1. The van der Waals surface area contributed by atoms with Crippen LogP contribution in [0.25, 0.3) is 0 Å². The van der Waals surface area contributed by atoms with Gasteiger partial charge in [0.25, 0.3) is 0 Å². The first-order chi connectivity index (χ1) is 5.74. The third-order valence-electron chi connectivity index (χ3n) is 2.22. The van der Waals surface area contributed by atoms with Gasteiger partial charge in [-0.2, -0.15) is 0 Å². The Bertz CT molecular complexity index is 128. The Kier molecular flexibility index (Phi) is 3.98. The molecule has 0 aromatic rings. The molecule has 1 fully saturated rings. The molecule has 1 aliphatic heterocycles. The van der Waals surface area contributed by atoms with Gasteiger partial charge < -0.3 is 10.1 Å². The summed E-state index contributed by atoms with van der Waals surface area (Å²) in [6.45, 7) is 6.54. The van der Waals surface area contributed by atoms with Gasteiger partial charge in [0.1, 0.15) is 6.23 Å². The molecule has 1 aliphatic rings. The second-order valence-corrected chi connectivity index (χ2v) is 3.80. The van der Waals surface area contributed by atoms with Gasteiger partial charge in [-0.25, -0.2) is 0 Å². The van der Waals surface area contributed by atoms with E-state index in [1.54, 1.807) is 7.11 Å². The van der Waals surface area contributed by atoms with Crippen molar-refractivity contribution >= 4 is 0 Å². The predicted molar refractivity (Wildman–Crippen MR) is 50.0 cm³/mol. The minimum absolute atomic E-state index is 0.196. The summed E-state index contributed by atoms with van der Waals surface area (Å²) in [5, 5.41) is 6.80. The van der Waals surface area contributed by atoms with E-state index in [0.717, 1.165) is 19.0 Å². The molecular weight excluding hydrogens is 152 g/mol. The lowest BCUT2D eigenvalue weighted by atomic mass is 10.0. The van der Waals surface area contributed by atoms with Crippen LogP contribution in [0.15, 0.2) is 0 Å². The van der Waals surface area contributed by atoms with Crippen LogP contribution in [-0.4, -0.2) is 32.5 Å². The van der Waals surface area contributed by atoms with Crippen LogP contribution in [0, 0.1) is 5.92 Å². The van der Waals surface area contributed by atoms with Crippen molar-refractivity contribution in [2.24, 2.45) is 5.92 Å². The second kappa shape index (κ2) is 4.80. The molecule has 0 amide bonds. The fourth-order valence-electron chi connectivity index (χ4n) is 1.68. The second-order valence-electron chi connectivity index (χ2n) is 3.80. The molecule has 0 aliphatic carbocycles. The predicted octanol–water partition coefficient (Wildman–Crippen LogP) is 0.566. The third-order valence-corrected chi connectivity index (χ3v) is 2.22. The van der Waals surface area contributed by atoms with Crippen LogP contribution in [0.5, 0.6) is 0 Å². The van der Waals surface area contributed by atoms with Crippen molar-refractivity contribution in [1.82, 2.24) is 10.6 Å². The van der Waals surface area contributed by atoms with Crippen LogP contribution in [0.4, 0.5) is 0 Å². The fraction of sp³-hybridized carbons (Fsp3) is 1.00. The molecule has 2 unspecified atom stereocenters. The Hall–Kier alpha value is -0.120. The number of nitrogens with one attached hydrogen (secondary N) is 2. The molecule has 3 heteroatoms. The van der Waals surface area contributed by atoms with E-state index in [2.05, 4.69) is 24.5 Å². The molecule has 0 spiro atoms. The number of ether oxygens (including phenoxy) is 1. The first kappa shape index (κ1) is 9.96. The summed E-state index contributed by atoms with van der Waals surface area (Å²) >= 11 is 0. The van der Waals surface area contributed by atoms with Crippen LogP contribution in [0.3, 0.4) is 0 Å². The highest BCUT2D eigenvalue weighted by molar-refractivity contribution is 4.81. The molecule has 2 atom stereocenters. The van der Waals surface area contributed by atoms with Gasteiger partial charge in [-0.15, -0.1) is 0 Å². The Morgan fingerprint density at radius 3 is 2.58 bits per heavy atom. The van der Waals surface area contributed by atoms with Gasteiger partial charge in [-0.1, -0.05) is 13.8 Å². The topological polar surface area (TPSA) is 33.3 Å². The van der Waals surface area contributed by atoms with E-state index >= 15 is 0 Å². The normalized spacial score (nSPS) is 31.0. The van der Waals surface area contributed by atoms with Crippen molar-refractivity contribution in [2.45, 2.75) is 32.5 Å². The van der Waals surface area contributed by atoms with Crippen LogP contribution in [0.2, 0.25) is 0 Å². The molecule has 3 nitrogen and oxygen atoms in total. The monoisotopic (exact) mass is 172 g/mol. The zero-order chi connectivity index (χ0) is 8.97. The van der Waals surface area contributed by atoms with E-state index in [0.29, 0.717) is 6.04 Å². The highest BCUT2D eigenvalue weighted by atomic mass is 16.5. The van der Waals surface area contributed by atoms with E-state index in [-0.39, 0.29) is 6.23 Å². The molecule has 2 N–H and O–H groups in total. The molecule has 72 valence electrons. The highest BCUT2D eigenvalue weighted by Gasteiger charge is 2.24. The summed E-state index contributed by atoms with van der Waals surface area (Å²) in [6, 6.07) is 0.476. The van der Waals surface area contributed by atoms with Crippen molar-refractivity contribution in [2.75, 3.05) is 20.2 Å². The molecule has 12 heavy (non-hydrogen) atoms. The lowest BCUT2D eigenvalue weighted by molar-refractivity contribution is 0.0215. The summed E-state index contributed by atoms with van der Waals surface area (Å²) in [7, 11) is 1.76. The number of piperazine rings is 1. The summed E-state index contributed by atoms with van der Waals surface area (Å²) in [4.78, 5) is 0. The summed E-state index contributed by atoms with van der Waals surface area (Å²) < 4.78 is 5.33. The SMILES string of the molecule is COC1NCCNC1CC(C)C. The van der Waals surface area contributed by atoms with Crippen molar-refractivity contribution in [1.29, 1.82) is 0 Å². The van der Waals surface area contributed by atoms with Gasteiger partial charge in [0.2, 0.25) is 0 Å². The average Bonchev–Trinajstić information content (AvgIpc) is 2.04. The summed E-state index contributed by atoms with van der Waals surface area (Å²) in [5.74, 6) is 0.722. The average molecular weight is 172 g/mol. The zero-order valence-corrected chi connectivity index (χ0v) is 8.26. The van der Waals surface area contributed by atoms with Gasteiger partial charge in [0.05, 0.1) is 0 Å². The Labute approximate surface area is 74.9 Å². The standard InChI is InChI=1S/C9H20N2O/c1-7(2)6-8-9(12-3)11-5-4-10-8/h7-11H,4-6H2,1-3H3. The van der Waals surface area contributed by atoms with Gasteiger partial charge in [0, 0.05) is 26.2 Å². The van der Waals surface area contributed by atoms with Crippen LogP contribution in [-0.2, 0) is 4.74 Å².